The first-order chi connectivity index (χ1) is 9.19. The molecule has 0 radical (unpaired) electrons. The molecule has 1 aromatic heterocycles. The summed E-state index contributed by atoms with van der Waals surface area (Å²) in [4.78, 5) is 3.99. The van der Waals surface area contributed by atoms with Gasteiger partial charge in [0.1, 0.15) is 0 Å². The Kier molecular flexibility index (Phi) is 4.93. The molecular formula is C13H14Cl2N4. The van der Waals surface area contributed by atoms with Gasteiger partial charge in [-0.15, -0.1) is 10.2 Å². The van der Waals surface area contributed by atoms with Crippen molar-refractivity contribution in [3.8, 4) is 0 Å². The zero-order valence-electron chi connectivity index (χ0n) is 10.5. The highest BCUT2D eigenvalue weighted by Gasteiger charge is 2.06. The van der Waals surface area contributed by atoms with E-state index < -0.39 is 0 Å². The van der Waals surface area contributed by atoms with Crippen LogP contribution in [-0.4, -0.2) is 15.2 Å². The zero-order chi connectivity index (χ0) is 13.7. The molecule has 0 unspecified atom stereocenters. The Hall–Kier alpha value is -1.39. The molecule has 0 fully saturated rings. The fourth-order valence-corrected chi connectivity index (χ4v) is 1.89. The van der Waals surface area contributed by atoms with E-state index in [1.807, 2.05) is 12.1 Å². The Morgan fingerprint density at radius 1 is 1.11 bits per heavy atom. The number of anilines is 2. The van der Waals surface area contributed by atoms with E-state index in [1.54, 1.807) is 0 Å². The molecule has 0 aliphatic rings. The molecule has 0 aliphatic heterocycles. The van der Waals surface area contributed by atoms with Crippen LogP contribution in [0.15, 0.2) is 24.3 Å². The quantitative estimate of drug-likeness (QED) is 0.895. The summed E-state index contributed by atoms with van der Waals surface area (Å²) in [6.07, 6.45) is 3.49. The standard InChI is InChI=1S/C13H14Cl2N4/c1-2-3-4-9-5-7-10(8-6-9)16-12-11(14)18-19-13(15)17-12/h5-8H,2-4H2,1H3,(H,16,17,19). The van der Waals surface area contributed by atoms with Crippen LogP contribution in [0.4, 0.5) is 11.5 Å². The van der Waals surface area contributed by atoms with Gasteiger partial charge in [-0.05, 0) is 42.1 Å². The molecule has 2 rings (SSSR count). The average molecular weight is 297 g/mol. The van der Waals surface area contributed by atoms with Crippen molar-refractivity contribution in [3.63, 3.8) is 0 Å². The van der Waals surface area contributed by atoms with Gasteiger partial charge in [0, 0.05) is 5.69 Å². The van der Waals surface area contributed by atoms with Crippen LogP contribution < -0.4 is 5.32 Å². The highest BCUT2D eigenvalue weighted by molar-refractivity contribution is 6.32. The van der Waals surface area contributed by atoms with Crippen molar-refractivity contribution >= 4 is 34.7 Å². The van der Waals surface area contributed by atoms with Gasteiger partial charge in [0.15, 0.2) is 11.0 Å². The smallest absolute Gasteiger partial charge is 0.245 e. The first-order valence-electron chi connectivity index (χ1n) is 6.10. The van der Waals surface area contributed by atoms with E-state index >= 15 is 0 Å². The number of benzene rings is 1. The third kappa shape index (κ3) is 4.04. The summed E-state index contributed by atoms with van der Waals surface area (Å²) in [6, 6.07) is 8.14. The predicted molar refractivity (Wildman–Crippen MR) is 78.2 cm³/mol. The molecule has 0 bridgehead atoms. The molecule has 1 aromatic carbocycles. The summed E-state index contributed by atoms with van der Waals surface area (Å²) in [7, 11) is 0. The number of hydrogen-bond acceptors (Lipinski definition) is 4. The Labute approximate surface area is 122 Å². The van der Waals surface area contributed by atoms with Crippen molar-refractivity contribution in [2.45, 2.75) is 26.2 Å². The van der Waals surface area contributed by atoms with Gasteiger partial charge >= 0.3 is 0 Å². The van der Waals surface area contributed by atoms with Crippen molar-refractivity contribution in [2.24, 2.45) is 0 Å². The molecule has 0 saturated heterocycles. The first kappa shape index (κ1) is 14.0. The third-order valence-electron chi connectivity index (χ3n) is 2.66. The number of hydrogen-bond donors (Lipinski definition) is 1. The average Bonchev–Trinajstić information content (AvgIpc) is 2.42. The Balaban J connectivity index is 2.08. The lowest BCUT2D eigenvalue weighted by molar-refractivity contribution is 0.795. The minimum Gasteiger partial charge on any atom is -0.338 e. The largest absolute Gasteiger partial charge is 0.338 e. The highest BCUT2D eigenvalue weighted by Crippen LogP contribution is 2.22. The van der Waals surface area contributed by atoms with Crippen LogP contribution in [0.2, 0.25) is 10.4 Å². The van der Waals surface area contributed by atoms with Crippen molar-refractivity contribution in [1.82, 2.24) is 15.2 Å². The lowest BCUT2D eigenvalue weighted by atomic mass is 10.1. The van der Waals surface area contributed by atoms with Crippen molar-refractivity contribution < 1.29 is 0 Å². The number of nitrogens with zero attached hydrogens (tertiary/aromatic N) is 3. The molecule has 1 heterocycles. The summed E-state index contributed by atoms with van der Waals surface area (Å²) >= 11 is 11.6. The molecule has 2 aromatic rings. The van der Waals surface area contributed by atoms with E-state index in [4.69, 9.17) is 23.2 Å². The number of aromatic nitrogens is 3. The maximum Gasteiger partial charge on any atom is 0.245 e. The molecule has 0 aliphatic carbocycles. The predicted octanol–water partition coefficient (Wildman–Crippen LogP) is 4.26. The Bertz CT molecular complexity index is 543. The molecule has 100 valence electrons. The maximum absolute atomic E-state index is 5.89. The number of nitrogens with one attached hydrogen (secondary N) is 1. The van der Waals surface area contributed by atoms with Crippen LogP contribution in [0.25, 0.3) is 0 Å². The molecule has 1 N–H and O–H groups in total. The van der Waals surface area contributed by atoms with Gasteiger partial charge in [0.2, 0.25) is 5.28 Å². The van der Waals surface area contributed by atoms with Gasteiger partial charge in [-0.1, -0.05) is 37.1 Å². The second-order valence-electron chi connectivity index (χ2n) is 4.15. The Morgan fingerprint density at radius 2 is 1.84 bits per heavy atom. The topological polar surface area (TPSA) is 50.7 Å². The summed E-state index contributed by atoms with van der Waals surface area (Å²) in [6.45, 7) is 2.18. The molecule has 0 spiro atoms. The van der Waals surface area contributed by atoms with E-state index in [1.165, 1.54) is 18.4 Å². The van der Waals surface area contributed by atoms with E-state index in [0.717, 1.165) is 12.1 Å². The maximum atomic E-state index is 5.89. The highest BCUT2D eigenvalue weighted by atomic mass is 35.5. The number of unbranched alkanes of at least 4 members (excludes halogenated alkanes) is 1. The van der Waals surface area contributed by atoms with Gasteiger partial charge in [-0.3, -0.25) is 0 Å². The second kappa shape index (κ2) is 6.68. The van der Waals surface area contributed by atoms with Gasteiger partial charge in [-0.2, -0.15) is 4.98 Å². The minimum atomic E-state index is 0.0615. The molecular weight excluding hydrogens is 283 g/mol. The van der Waals surface area contributed by atoms with Crippen molar-refractivity contribution in [3.05, 3.63) is 40.3 Å². The number of aryl methyl sites for hydroxylation is 1. The lowest BCUT2D eigenvalue weighted by Gasteiger charge is -2.07. The van der Waals surface area contributed by atoms with E-state index in [2.05, 4.69) is 39.6 Å². The molecule has 19 heavy (non-hydrogen) atoms. The van der Waals surface area contributed by atoms with Gasteiger partial charge in [-0.25, -0.2) is 0 Å². The van der Waals surface area contributed by atoms with E-state index in [9.17, 15) is 0 Å². The van der Waals surface area contributed by atoms with Crippen LogP contribution >= 0.6 is 23.2 Å². The van der Waals surface area contributed by atoms with Gasteiger partial charge in [0.05, 0.1) is 0 Å². The van der Waals surface area contributed by atoms with Crippen LogP contribution in [0, 0.1) is 0 Å². The van der Waals surface area contributed by atoms with Crippen molar-refractivity contribution in [1.29, 1.82) is 0 Å². The van der Waals surface area contributed by atoms with E-state index in [0.29, 0.717) is 5.82 Å². The van der Waals surface area contributed by atoms with Crippen LogP contribution in [0.5, 0.6) is 0 Å². The second-order valence-corrected chi connectivity index (χ2v) is 4.84. The molecule has 0 amide bonds. The van der Waals surface area contributed by atoms with E-state index in [-0.39, 0.29) is 10.4 Å². The lowest BCUT2D eigenvalue weighted by Crippen LogP contribution is -1.99. The van der Waals surface area contributed by atoms with Gasteiger partial charge in [0.25, 0.3) is 0 Å². The van der Waals surface area contributed by atoms with Crippen molar-refractivity contribution in [2.75, 3.05) is 5.32 Å². The summed E-state index contributed by atoms with van der Waals surface area (Å²) in [5.74, 6) is 0.406. The van der Waals surface area contributed by atoms with Crippen LogP contribution in [-0.2, 0) is 6.42 Å². The first-order valence-corrected chi connectivity index (χ1v) is 6.86. The Morgan fingerprint density at radius 3 is 2.53 bits per heavy atom. The molecule has 6 heteroatoms. The fraction of sp³-hybridized carbons (Fsp3) is 0.308. The number of halogens is 2. The van der Waals surface area contributed by atoms with Crippen LogP contribution in [0.1, 0.15) is 25.3 Å². The molecule has 0 saturated carbocycles. The monoisotopic (exact) mass is 296 g/mol. The molecule has 4 nitrogen and oxygen atoms in total. The zero-order valence-corrected chi connectivity index (χ0v) is 12.0. The summed E-state index contributed by atoms with van der Waals surface area (Å²) in [5, 5.41) is 10.6. The normalized spacial score (nSPS) is 10.5. The molecule has 0 atom stereocenters. The fourth-order valence-electron chi connectivity index (χ4n) is 1.65. The minimum absolute atomic E-state index is 0.0615. The van der Waals surface area contributed by atoms with Crippen LogP contribution in [0.3, 0.4) is 0 Å². The summed E-state index contributed by atoms with van der Waals surface area (Å²) < 4.78 is 0. The van der Waals surface area contributed by atoms with Gasteiger partial charge < -0.3 is 5.32 Å². The summed E-state index contributed by atoms with van der Waals surface area (Å²) in [5.41, 5.74) is 2.20. The SMILES string of the molecule is CCCCc1ccc(Nc2nc(Cl)nnc2Cl)cc1. The number of rotatable bonds is 5. The third-order valence-corrected chi connectivity index (χ3v) is 3.07.